The number of carboxylic acids is 3. The molecule has 1 saturated heterocycles. The first kappa shape index (κ1) is 42.7. The molecule has 2 aliphatic heterocycles. The van der Waals surface area contributed by atoms with Crippen LogP contribution in [0.4, 0.5) is 0 Å². The van der Waals surface area contributed by atoms with Gasteiger partial charge in [0.1, 0.15) is 11.6 Å². The molecule has 0 aliphatic carbocycles. The van der Waals surface area contributed by atoms with Crippen LogP contribution in [-0.4, -0.2) is 191 Å². The fourth-order valence-corrected chi connectivity index (χ4v) is 5.36. The average Bonchev–Trinajstić information content (AvgIpc) is 3.33. The monoisotopic (exact) mass is 725 g/mol. The largest absolute Gasteiger partial charge is 0.480 e. The lowest BCUT2D eigenvalue weighted by Crippen LogP contribution is -2.51. The summed E-state index contributed by atoms with van der Waals surface area (Å²) in [7, 11) is 0. The predicted molar refractivity (Wildman–Crippen MR) is 179 cm³/mol. The number of aliphatic carboxylic acids is 3. The van der Waals surface area contributed by atoms with Crippen LogP contribution in [0.3, 0.4) is 0 Å². The molecule has 4 amide bonds. The van der Waals surface area contributed by atoms with Crippen molar-refractivity contribution in [2.24, 2.45) is 0 Å². The number of carboxylic acid groups (broad SMARTS) is 3. The van der Waals surface area contributed by atoms with Crippen LogP contribution in [0.25, 0.3) is 0 Å². The molecule has 51 heavy (non-hydrogen) atoms. The molecule has 2 aliphatic rings. The second-order valence-electron chi connectivity index (χ2n) is 13.4. The zero-order valence-electron chi connectivity index (χ0n) is 29.5. The highest BCUT2D eigenvalue weighted by atomic mass is 16.6. The SMILES string of the molecule is CC(C)(C)OC(=O)[C@H](CCCCN1C(=O)C=CC1=O)NC(=O)CNC(=O)CN1CCN(CC(=O)O)CCN(CC(=O)O)CCN(CC(=O)O)CC1. The number of nitrogens with one attached hydrogen (secondary N) is 2. The van der Waals surface area contributed by atoms with Gasteiger partial charge in [-0.25, -0.2) is 4.79 Å². The van der Waals surface area contributed by atoms with Gasteiger partial charge in [0.2, 0.25) is 11.8 Å². The zero-order valence-corrected chi connectivity index (χ0v) is 29.5. The number of unbranched alkanes of at least 4 members (excludes halogenated alkanes) is 1. The van der Waals surface area contributed by atoms with Crippen molar-refractivity contribution in [1.82, 2.24) is 35.1 Å². The molecule has 19 nitrogen and oxygen atoms in total. The van der Waals surface area contributed by atoms with Crippen LogP contribution >= 0.6 is 0 Å². The van der Waals surface area contributed by atoms with Gasteiger partial charge in [0.15, 0.2) is 0 Å². The molecule has 0 aromatic carbocycles. The molecule has 5 N–H and O–H groups in total. The van der Waals surface area contributed by atoms with E-state index in [0.29, 0.717) is 12.8 Å². The van der Waals surface area contributed by atoms with Gasteiger partial charge in [0, 0.05) is 71.1 Å². The Kier molecular flexibility index (Phi) is 17.6. The number of hydrogen-bond acceptors (Lipinski definition) is 13. The molecule has 0 radical (unpaired) electrons. The molecule has 0 spiro atoms. The van der Waals surface area contributed by atoms with E-state index >= 15 is 0 Å². The Bertz CT molecular complexity index is 1250. The van der Waals surface area contributed by atoms with Crippen LogP contribution in [-0.2, 0) is 43.1 Å². The zero-order chi connectivity index (χ0) is 38.1. The Balaban J connectivity index is 2.01. The van der Waals surface area contributed by atoms with Gasteiger partial charge in [0.05, 0.1) is 32.7 Å². The lowest BCUT2D eigenvalue weighted by atomic mass is 10.1. The molecule has 1 fully saturated rings. The lowest BCUT2D eigenvalue weighted by Gasteiger charge is -2.32. The van der Waals surface area contributed by atoms with Gasteiger partial charge >= 0.3 is 23.9 Å². The van der Waals surface area contributed by atoms with Gasteiger partial charge in [-0.15, -0.1) is 0 Å². The normalized spacial score (nSPS) is 18.1. The number of hydrogen-bond donors (Lipinski definition) is 5. The third-order valence-corrected chi connectivity index (χ3v) is 7.87. The van der Waals surface area contributed by atoms with E-state index in [-0.39, 0.29) is 91.5 Å². The molecule has 0 aromatic heterocycles. The van der Waals surface area contributed by atoms with Crippen LogP contribution in [0.1, 0.15) is 40.0 Å². The Morgan fingerprint density at radius 2 is 1.10 bits per heavy atom. The van der Waals surface area contributed by atoms with Crippen LogP contribution in [0.5, 0.6) is 0 Å². The summed E-state index contributed by atoms with van der Waals surface area (Å²) in [6.45, 7) is 5.39. The summed E-state index contributed by atoms with van der Waals surface area (Å²) in [4.78, 5) is 104. The lowest BCUT2D eigenvalue weighted by molar-refractivity contribution is -0.159. The number of nitrogens with zero attached hydrogens (tertiary/aromatic N) is 5. The second-order valence-corrected chi connectivity index (χ2v) is 13.4. The highest BCUT2D eigenvalue weighted by molar-refractivity contribution is 6.12. The predicted octanol–water partition coefficient (Wildman–Crippen LogP) is -2.50. The summed E-state index contributed by atoms with van der Waals surface area (Å²) >= 11 is 0. The average molecular weight is 726 g/mol. The van der Waals surface area contributed by atoms with Crippen molar-refractivity contribution in [3.63, 3.8) is 0 Å². The quantitative estimate of drug-likeness (QED) is 0.0591. The van der Waals surface area contributed by atoms with Crippen LogP contribution in [0, 0.1) is 0 Å². The number of rotatable bonds is 17. The maximum atomic E-state index is 13.0. The van der Waals surface area contributed by atoms with Crippen molar-refractivity contribution in [3.05, 3.63) is 12.2 Å². The molecule has 1 atom stereocenters. The second kappa shape index (κ2) is 21.0. The minimum atomic E-state index is -1.08. The van der Waals surface area contributed by atoms with E-state index < -0.39 is 65.7 Å². The number of carbonyl (C=O) groups excluding carboxylic acids is 5. The molecule has 286 valence electrons. The van der Waals surface area contributed by atoms with E-state index in [9.17, 15) is 53.7 Å². The summed E-state index contributed by atoms with van der Waals surface area (Å²) in [6.07, 6.45) is 3.27. The maximum absolute atomic E-state index is 13.0. The van der Waals surface area contributed by atoms with E-state index in [1.54, 1.807) is 40.4 Å². The van der Waals surface area contributed by atoms with Crippen molar-refractivity contribution in [1.29, 1.82) is 0 Å². The van der Waals surface area contributed by atoms with E-state index in [1.165, 1.54) is 12.2 Å². The van der Waals surface area contributed by atoms with E-state index in [2.05, 4.69) is 10.6 Å². The molecule has 0 aromatic rings. The van der Waals surface area contributed by atoms with Gasteiger partial charge < -0.3 is 30.7 Å². The van der Waals surface area contributed by atoms with E-state index in [1.807, 2.05) is 0 Å². The third kappa shape index (κ3) is 17.9. The fraction of sp³-hybridized carbons (Fsp3) is 0.688. The number of amides is 4. The first-order valence-corrected chi connectivity index (χ1v) is 16.8. The summed E-state index contributed by atoms with van der Waals surface area (Å²) in [5, 5.41) is 33.2. The van der Waals surface area contributed by atoms with Crippen LogP contribution in [0.2, 0.25) is 0 Å². The third-order valence-electron chi connectivity index (χ3n) is 7.87. The Labute approximate surface area is 296 Å². The highest BCUT2D eigenvalue weighted by Crippen LogP contribution is 2.13. The summed E-state index contributed by atoms with van der Waals surface area (Å²) in [6, 6.07) is -1.06. The minimum absolute atomic E-state index is 0.150. The minimum Gasteiger partial charge on any atom is -0.480 e. The smallest absolute Gasteiger partial charge is 0.329 e. The van der Waals surface area contributed by atoms with Crippen LogP contribution in [0.15, 0.2) is 12.2 Å². The number of carbonyl (C=O) groups is 8. The molecule has 2 rings (SSSR count). The van der Waals surface area contributed by atoms with E-state index in [0.717, 1.165) is 4.90 Å². The maximum Gasteiger partial charge on any atom is 0.329 e. The number of imide groups is 1. The van der Waals surface area contributed by atoms with Gasteiger partial charge in [-0.2, -0.15) is 0 Å². The van der Waals surface area contributed by atoms with Crippen molar-refractivity contribution in [2.75, 3.05) is 91.6 Å². The first-order valence-electron chi connectivity index (χ1n) is 16.8. The van der Waals surface area contributed by atoms with Crippen LogP contribution < -0.4 is 10.6 Å². The summed E-state index contributed by atoms with van der Waals surface area (Å²) < 4.78 is 5.45. The Hall–Kier alpha value is -4.46. The Morgan fingerprint density at radius 1 is 0.686 bits per heavy atom. The molecule has 0 bridgehead atoms. The Morgan fingerprint density at radius 3 is 1.49 bits per heavy atom. The van der Waals surface area contributed by atoms with Gasteiger partial charge in [-0.3, -0.25) is 58.1 Å². The van der Waals surface area contributed by atoms with Gasteiger partial charge in [-0.05, 0) is 40.0 Å². The van der Waals surface area contributed by atoms with Gasteiger partial charge in [0.25, 0.3) is 11.8 Å². The van der Waals surface area contributed by atoms with Gasteiger partial charge in [-0.1, -0.05) is 0 Å². The number of esters is 1. The van der Waals surface area contributed by atoms with Crippen molar-refractivity contribution < 1.29 is 58.4 Å². The molecular weight excluding hydrogens is 674 g/mol. The van der Waals surface area contributed by atoms with Crippen molar-refractivity contribution >= 4 is 47.5 Å². The van der Waals surface area contributed by atoms with E-state index in [4.69, 9.17) is 4.74 Å². The van der Waals surface area contributed by atoms with Crippen molar-refractivity contribution in [3.8, 4) is 0 Å². The summed E-state index contributed by atoms with van der Waals surface area (Å²) in [5.74, 6) is -5.93. The first-order chi connectivity index (χ1) is 23.9. The molecule has 0 saturated carbocycles. The standard InChI is InChI=1S/C32H51N7O12/c1-32(2,3)51-31(50)23(6-4-5-9-39-26(42)7-8-27(39)43)34-24(40)18-33-25(41)19-35-10-12-36(20-28(44)45)14-16-38(22-30(48)49)17-15-37(13-11-35)21-29(46)47/h7-8,23H,4-6,9-22H2,1-3H3,(H,33,41)(H,34,40)(H,44,45)(H,46,47)(H,48,49)/t23-/m0/s1. The molecule has 0 unspecified atom stereocenters. The molecular formula is C32H51N7O12. The number of ether oxygens (including phenoxy) is 1. The summed E-state index contributed by atoms with van der Waals surface area (Å²) in [5.41, 5.74) is -0.839. The topological polar surface area (TPSA) is 247 Å². The van der Waals surface area contributed by atoms with Crippen molar-refractivity contribution in [2.45, 2.75) is 51.7 Å². The fourth-order valence-electron chi connectivity index (χ4n) is 5.36. The molecule has 19 heteroatoms. The highest BCUT2D eigenvalue weighted by Gasteiger charge is 2.28. The molecule has 2 heterocycles.